The van der Waals surface area contributed by atoms with Gasteiger partial charge in [0.2, 0.25) is 0 Å². The van der Waals surface area contributed by atoms with E-state index in [1.165, 1.54) is 65.6 Å². The first-order valence-corrected chi connectivity index (χ1v) is 13.8. The summed E-state index contributed by atoms with van der Waals surface area (Å²) in [7, 11) is 0. The van der Waals surface area contributed by atoms with Crippen molar-refractivity contribution < 1.29 is 4.42 Å². The smallest absolute Gasteiger partial charge is 0.135 e. The highest BCUT2D eigenvalue weighted by atomic mass is 16.3. The number of rotatable bonds is 1. The van der Waals surface area contributed by atoms with Gasteiger partial charge >= 0.3 is 0 Å². The first kappa shape index (κ1) is 20.6. The fourth-order valence-corrected chi connectivity index (χ4v) is 7.18. The Morgan fingerprint density at radius 3 is 2.02 bits per heavy atom. The molecule has 184 valence electrons. The van der Waals surface area contributed by atoms with Crippen molar-refractivity contribution in [2.45, 2.75) is 0 Å². The van der Waals surface area contributed by atoms with Crippen LogP contribution in [0.25, 0.3) is 93.2 Å². The van der Waals surface area contributed by atoms with Gasteiger partial charge in [0.25, 0.3) is 0 Å². The molecule has 2 nitrogen and oxygen atoms in total. The Kier molecular flexibility index (Phi) is 3.70. The van der Waals surface area contributed by atoms with Crippen molar-refractivity contribution in [3.05, 3.63) is 127 Å². The normalized spacial score (nSPS) is 12.5. The second kappa shape index (κ2) is 7.19. The summed E-state index contributed by atoms with van der Waals surface area (Å²) >= 11 is 0. The largest absolute Gasteiger partial charge is 0.456 e. The lowest BCUT2D eigenvalue weighted by atomic mass is 9.98. The van der Waals surface area contributed by atoms with Gasteiger partial charge in [-0.15, -0.1) is 0 Å². The number of nitrogens with zero attached hydrogens (tertiary/aromatic N) is 1. The van der Waals surface area contributed by atoms with Crippen molar-refractivity contribution in [2.24, 2.45) is 0 Å². The summed E-state index contributed by atoms with van der Waals surface area (Å²) in [5, 5.41) is 9.99. The van der Waals surface area contributed by atoms with Gasteiger partial charge in [-0.25, -0.2) is 0 Å². The lowest BCUT2D eigenvalue weighted by molar-refractivity contribution is 0.669. The molecular formula is C38H21NO. The average molecular weight is 508 g/mol. The van der Waals surface area contributed by atoms with Crippen LogP contribution in [0.4, 0.5) is 0 Å². The molecule has 0 N–H and O–H groups in total. The van der Waals surface area contributed by atoms with Crippen LogP contribution in [0.15, 0.2) is 132 Å². The van der Waals surface area contributed by atoms with E-state index in [1.54, 1.807) is 0 Å². The Morgan fingerprint density at radius 1 is 0.425 bits per heavy atom. The van der Waals surface area contributed by atoms with Crippen LogP contribution in [0.3, 0.4) is 0 Å². The molecule has 40 heavy (non-hydrogen) atoms. The number of benzene rings is 7. The second-order valence-electron chi connectivity index (χ2n) is 10.9. The minimum Gasteiger partial charge on any atom is -0.456 e. The molecule has 0 amide bonds. The van der Waals surface area contributed by atoms with E-state index in [1.807, 2.05) is 12.1 Å². The summed E-state index contributed by atoms with van der Waals surface area (Å²) < 4.78 is 8.67. The standard InChI is InChI=1S/C38H21NO/c1-2-9-23-19-34-30(18-22(23)8-1)33-21-32-26-11-4-3-10-25(26)28-13-7-14-29(37(28)32)38(33)39(34)24-16-17-36-31(20-24)27-12-5-6-15-35(27)40-36/h1-21H. The summed E-state index contributed by atoms with van der Waals surface area (Å²) in [6, 6.07) is 46.4. The third-order valence-corrected chi connectivity index (χ3v) is 8.88. The Bertz CT molecular complexity index is 2540. The van der Waals surface area contributed by atoms with Crippen LogP contribution in [0.2, 0.25) is 0 Å². The molecule has 0 aliphatic heterocycles. The molecule has 2 aromatic heterocycles. The Labute approximate surface area is 229 Å². The average Bonchev–Trinajstić information content (AvgIpc) is 3.65. The number of hydrogen-bond acceptors (Lipinski definition) is 1. The van der Waals surface area contributed by atoms with E-state index in [0.717, 1.165) is 27.6 Å². The lowest BCUT2D eigenvalue weighted by Crippen LogP contribution is -1.94. The van der Waals surface area contributed by atoms with Crippen LogP contribution >= 0.6 is 0 Å². The molecule has 0 saturated carbocycles. The fraction of sp³-hybridized carbons (Fsp3) is 0. The van der Waals surface area contributed by atoms with Gasteiger partial charge in [0.15, 0.2) is 0 Å². The van der Waals surface area contributed by atoms with Gasteiger partial charge < -0.3 is 8.98 Å². The second-order valence-corrected chi connectivity index (χ2v) is 10.9. The summed E-state index contributed by atoms with van der Waals surface area (Å²) in [5.74, 6) is 0. The van der Waals surface area contributed by atoms with E-state index in [2.05, 4.69) is 120 Å². The zero-order chi connectivity index (χ0) is 25.9. The van der Waals surface area contributed by atoms with Crippen LogP contribution in [-0.4, -0.2) is 4.57 Å². The first-order valence-electron chi connectivity index (χ1n) is 13.8. The number of fused-ring (bicyclic) bond motifs is 11. The van der Waals surface area contributed by atoms with Gasteiger partial charge in [-0.3, -0.25) is 0 Å². The lowest BCUT2D eigenvalue weighted by Gasteiger charge is -2.11. The molecule has 7 aromatic carbocycles. The number of hydrogen-bond donors (Lipinski definition) is 0. The Balaban J connectivity index is 1.43. The third-order valence-electron chi connectivity index (χ3n) is 8.88. The molecule has 0 saturated heterocycles. The monoisotopic (exact) mass is 507 g/mol. The quantitative estimate of drug-likeness (QED) is 0.216. The highest BCUT2D eigenvalue weighted by Crippen LogP contribution is 2.51. The van der Waals surface area contributed by atoms with Crippen molar-refractivity contribution in [2.75, 3.05) is 0 Å². The van der Waals surface area contributed by atoms with E-state index in [4.69, 9.17) is 4.42 Å². The van der Waals surface area contributed by atoms with Crippen molar-refractivity contribution >= 4 is 65.3 Å². The molecule has 1 aliphatic carbocycles. The maximum Gasteiger partial charge on any atom is 0.135 e. The van der Waals surface area contributed by atoms with E-state index in [9.17, 15) is 0 Å². The minimum absolute atomic E-state index is 0.916. The number of furan rings is 1. The first-order chi connectivity index (χ1) is 19.8. The predicted octanol–water partition coefficient (Wildman–Crippen LogP) is 10.6. The molecule has 0 spiro atoms. The fourth-order valence-electron chi connectivity index (χ4n) is 7.18. The summed E-state index contributed by atoms with van der Waals surface area (Å²) in [6.07, 6.45) is 0. The minimum atomic E-state index is 0.916. The summed E-state index contributed by atoms with van der Waals surface area (Å²) in [5.41, 5.74) is 10.8. The zero-order valence-corrected chi connectivity index (χ0v) is 21.5. The van der Waals surface area contributed by atoms with Crippen LogP contribution in [0.5, 0.6) is 0 Å². The molecular weight excluding hydrogens is 486 g/mol. The zero-order valence-electron chi connectivity index (χ0n) is 21.5. The van der Waals surface area contributed by atoms with Crippen molar-refractivity contribution in [3.63, 3.8) is 0 Å². The Morgan fingerprint density at radius 2 is 1.12 bits per heavy atom. The van der Waals surface area contributed by atoms with Crippen LogP contribution in [0.1, 0.15) is 0 Å². The van der Waals surface area contributed by atoms with Crippen molar-refractivity contribution in [3.8, 4) is 27.9 Å². The number of aromatic nitrogens is 1. The predicted molar refractivity (Wildman–Crippen MR) is 168 cm³/mol. The molecule has 2 heteroatoms. The van der Waals surface area contributed by atoms with Gasteiger partial charge in [0, 0.05) is 32.6 Å². The van der Waals surface area contributed by atoms with E-state index >= 15 is 0 Å². The molecule has 0 unspecified atom stereocenters. The van der Waals surface area contributed by atoms with Gasteiger partial charge in [-0.05, 0) is 80.9 Å². The van der Waals surface area contributed by atoms with Gasteiger partial charge in [-0.2, -0.15) is 0 Å². The molecule has 2 heterocycles. The molecule has 0 atom stereocenters. The van der Waals surface area contributed by atoms with Crippen molar-refractivity contribution in [1.82, 2.24) is 4.57 Å². The topological polar surface area (TPSA) is 18.1 Å². The van der Waals surface area contributed by atoms with Gasteiger partial charge in [0.1, 0.15) is 11.2 Å². The molecule has 0 bridgehead atoms. The van der Waals surface area contributed by atoms with E-state index in [-0.39, 0.29) is 0 Å². The maximum absolute atomic E-state index is 6.19. The Hall–Kier alpha value is -5.34. The molecule has 10 rings (SSSR count). The molecule has 0 fully saturated rings. The van der Waals surface area contributed by atoms with Gasteiger partial charge in [-0.1, -0.05) is 84.9 Å². The SMILES string of the molecule is c1ccc2c(c1)-c1cccc3c1c-2cc1c2cc4ccccc4cc2n(-c2ccc4oc5ccccc5c4c2)c31. The van der Waals surface area contributed by atoms with E-state index < -0.39 is 0 Å². The van der Waals surface area contributed by atoms with Gasteiger partial charge in [0.05, 0.1) is 11.0 Å². The van der Waals surface area contributed by atoms with Crippen molar-refractivity contribution in [1.29, 1.82) is 0 Å². The highest BCUT2D eigenvalue weighted by molar-refractivity contribution is 6.28. The molecule has 1 aliphatic rings. The van der Waals surface area contributed by atoms with Crippen LogP contribution in [0, 0.1) is 0 Å². The van der Waals surface area contributed by atoms with Crippen LogP contribution in [-0.2, 0) is 0 Å². The molecule has 0 radical (unpaired) electrons. The third kappa shape index (κ3) is 2.49. The van der Waals surface area contributed by atoms with E-state index in [0.29, 0.717) is 0 Å². The molecule has 9 aromatic rings. The summed E-state index contributed by atoms with van der Waals surface area (Å²) in [4.78, 5) is 0. The summed E-state index contributed by atoms with van der Waals surface area (Å²) in [6.45, 7) is 0. The number of para-hydroxylation sites is 1. The van der Waals surface area contributed by atoms with Crippen LogP contribution < -0.4 is 0 Å². The highest BCUT2D eigenvalue weighted by Gasteiger charge is 2.25. The maximum atomic E-state index is 6.19.